The zero-order valence-corrected chi connectivity index (χ0v) is 14.7. The van der Waals surface area contributed by atoms with E-state index in [0.717, 1.165) is 37.5 Å². The van der Waals surface area contributed by atoms with Crippen LogP contribution in [-0.2, 0) is 25.8 Å². The molecule has 0 amide bonds. The number of benzene rings is 2. The van der Waals surface area contributed by atoms with Gasteiger partial charge in [-0.1, -0.05) is 56.3 Å². The van der Waals surface area contributed by atoms with Crippen molar-refractivity contribution in [1.82, 2.24) is 4.90 Å². The van der Waals surface area contributed by atoms with Gasteiger partial charge in [-0.25, -0.2) is 0 Å². The molecule has 0 saturated carbocycles. The lowest BCUT2D eigenvalue weighted by Crippen LogP contribution is -2.39. The van der Waals surface area contributed by atoms with Gasteiger partial charge in [0, 0.05) is 18.8 Å². The van der Waals surface area contributed by atoms with Crippen molar-refractivity contribution in [3.63, 3.8) is 0 Å². The number of hydrogen-bond acceptors (Lipinski definition) is 1. The van der Waals surface area contributed by atoms with Crippen LogP contribution in [0.1, 0.15) is 36.1 Å². The first-order valence-electron chi connectivity index (χ1n) is 8.46. The van der Waals surface area contributed by atoms with Gasteiger partial charge in [0.2, 0.25) is 0 Å². The lowest BCUT2D eigenvalue weighted by molar-refractivity contribution is 0.399. The fraction of sp³-hybridized carbons (Fsp3) is 0.350. The third-order valence-electron chi connectivity index (χ3n) is 4.65. The molecule has 1 heterocycles. The van der Waals surface area contributed by atoms with Gasteiger partial charge in [0.05, 0.1) is 0 Å². The summed E-state index contributed by atoms with van der Waals surface area (Å²) >= 11 is 5.71. The number of rotatable bonds is 3. The molecule has 3 rings (SSSR count). The highest BCUT2D eigenvalue weighted by Crippen LogP contribution is 2.24. The van der Waals surface area contributed by atoms with Crippen LogP contribution in [0.25, 0.3) is 0 Å². The minimum absolute atomic E-state index is 0.843. The Morgan fingerprint density at radius 1 is 1.00 bits per heavy atom. The molecule has 2 aromatic rings. The van der Waals surface area contributed by atoms with Crippen LogP contribution in [0.5, 0.6) is 0 Å². The lowest BCUT2D eigenvalue weighted by atomic mass is 10.0. The molecule has 0 bridgehead atoms. The fourth-order valence-corrected chi connectivity index (χ4v) is 3.52. The van der Waals surface area contributed by atoms with E-state index in [4.69, 9.17) is 12.2 Å². The van der Waals surface area contributed by atoms with Crippen LogP contribution in [0, 0.1) is 0 Å². The van der Waals surface area contributed by atoms with E-state index in [1.807, 2.05) is 0 Å². The SMILES string of the molecule is CCc1cccc(CC)c1NC(=S)N1CCc2ccccc2C1. The number of nitrogens with one attached hydrogen (secondary N) is 1. The molecular weight excluding hydrogens is 300 g/mol. The second kappa shape index (κ2) is 7.14. The Morgan fingerprint density at radius 2 is 1.65 bits per heavy atom. The van der Waals surface area contributed by atoms with Crippen molar-refractivity contribution in [3.8, 4) is 0 Å². The zero-order chi connectivity index (χ0) is 16.2. The van der Waals surface area contributed by atoms with Gasteiger partial charge >= 0.3 is 0 Å². The molecule has 1 aliphatic heterocycles. The monoisotopic (exact) mass is 324 g/mol. The van der Waals surface area contributed by atoms with E-state index >= 15 is 0 Å². The predicted octanol–water partition coefficient (Wildman–Crippen LogP) is 4.57. The molecule has 120 valence electrons. The Labute approximate surface area is 144 Å². The molecule has 3 heteroatoms. The molecule has 0 aliphatic carbocycles. The standard InChI is InChI=1S/C20H24N2S/c1-3-15-10-7-11-16(4-2)19(15)21-20(23)22-13-12-17-8-5-6-9-18(17)14-22/h5-11H,3-4,12-14H2,1-2H3,(H,21,23). The van der Waals surface area contributed by atoms with E-state index in [1.165, 1.54) is 27.9 Å². The van der Waals surface area contributed by atoms with Gasteiger partial charge in [0.1, 0.15) is 0 Å². The maximum Gasteiger partial charge on any atom is 0.173 e. The summed E-state index contributed by atoms with van der Waals surface area (Å²) in [5.41, 5.74) is 6.73. The summed E-state index contributed by atoms with van der Waals surface area (Å²) in [5, 5.41) is 4.38. The van der Waals surface area contributed by atoms with Crippen molar-refractivity contribution < 1.29 is 0 Å². The molecule has 0 saturated heterocycles. The topological polar surface area (TPSA) is 15.3 Å². The first kappa shape index (κ1) is 16.0. The molecule has 0 radical (unpaired) electrons. The van der Waals surface area contributed by atoms with Crippen molar-refractivity contribution >= 4 is 23.0 Å². The van der Waals surface area contributed by atoms with Gasteiger partial charge in [-0.15, -0.1) is 0 Å². The van der Waals surface area contributed by atoms with Crippen LogP contribution in [0.4, 0.5) is 5.69 Å². The summed E-state index contributed by atoms with van der Waals surface area (Å²) in [7, 11) is 0. The number of hydrogen-bond donors (Lipinski definition) is 1. The van der Waals surface area contributed by atoms with Crippen LogP contribution in [0.2, 0.25) is 0 Å². The summed E-state index contributed by atoms with van der Waals surface area (Å²) < 4.78 is 0. The number of thiocarbonyl (C=S) groups is 1. The Hall–Kier alpha value is -1.87. The maximum atomic E-state index is 5.71. The predicted molar refractivity (Wildman–Crippen MR) is 102 cm³/mol. The molecule has 0 fully saturated rings. The normalized spacial score (nSPS) is 13.6. The van der Waals surface area contributed by atoms with Crippen molar-refractivity contribution in [2.24, 2.45) is 0 Å². The van der Waals surface area contributed by atoms with Crippen molar-refractivity contribution in [1.29, 1.82) is 0 Å². The fourth-order valence-electron chi connectivity index (χ4n) is 3.26. The Bertz CT molecular complexity index is 686. The Morgan fingerprint density at radius 3 is 2.30 bits per heavy atom. The van der Waals surface area contributed by atoms with Gasteiger partial charge in [-0.3, -0.25) is 0 Å². The summed E-state index contributed by atoms with van der Waals surface area (Å²) in [5.74, 6) is 0. The van der Waals surface area contributed by atoms with Crippen LogP contribution >= 0.6 is 12.2 Å². The summed E-state index contributed by atoms with van der Waals surface area (Å²) in [6.07, 6.45) is 3.09. The Balaban J connectivity index is 1.78. The highest BCUT2D eigenvalue weighted by Gasteiger charge is 2.19. The summed E-state index contributed by atoms with van der Waals surface area (Å²) in [6.45, 7) is 6.27. The third-order valence-corrected chi connectivity index (χ3v) is 5.01. The second-order valence-electron chi connectivity index (χ2n) is 6.03. The van der Waals surface area contributed by atoms with Crippen molar-refractivity contribution in [2.75, 3.05) is 11.9 Å². The highest BCUT2D eigenvalue weighted by atomic mass is 32.1. The van der Waals surface area contributed by atoms with Gasteiger partial charge in [-0.05, 0) is 53.7 Å². The maximum absolute atomic E-state index is 5.71. The molecule has 0 aromatic heterocycles. The molecule has 0 unspecified atom stereocenters. The van der Waals surface area contributed by atoms with Crippen molar-refractivity contribution in [3.05, 3.63) is 64.7 Å². The minimum Gasteiger partial charge on any atom is -0.344 e. The number of nitrogens with zero attached hydrogens (tertiary/aromatic N) is 1. The zero-order valence-electron chi connectivity index (χ0n) is 13.9. The summed E-state index contributed by atoms with van der Waals surface area (Å²) in [4.78, 5) is 2.28. The third kappa shape index (κ3) is 3.40. The van der Waals surface area contributed by atoms with Gasteiger partial charge in [0.15, 0.2) is 5.11 Å². The molecular formula is C20H24N2S. The highest BCUT2D eigenvalue weighted by molar-refractivity contribution is 7.80. The lowest BCUT2D eigenvalue weighted by Gasteiger charge is -2.32. The van der Waals surface area contributed by atoms with Crippen LogP contribution < -0.4 is 5.32 Å². The molecule has 0 spiro atoms. The Kier molecular flexibility index (Phi) is 4.97. The molecule has 1 aliphatic rings. The van der Waals surface area contributed by atoms with Gasteiger partial charge < -0.3 is 10.2 Å². The van der Waals surface area contributed by atoms with E-state index < -0.39 is 0 Å². The van der Waals surface area contributed by atoms with Gasteiger partial charge in [-0.2, -0.15) is 0 Å². The number of fused-ring (bicyclic) bond motifs is 1. The van der Waals surface area contributed by atoms with E-state index in [1.54, 1.807) is 0 Å². The van der Waals surface area contributed by atoms with Crippen LogP contribution in [-0.4, -0.2) is 16.6 Å². The van der Waals surface area contributed by atoms with E-state index in [2.05, 4.69) is 66.5 Å². The van der Waals surface area contributed by atoms with E-state index in [0.29, 0.717) is 0 Å². The molecule has 0 atom stereocenters. The molecule has 23 heavy (non-hydrogen) atoms. The van der Waals surface area contributed by atoms with E-state index in [9.17, 15) is 0 Å². The summed E-state index contributed by atoms with van der Waals surface area (Å²) in [6, 6.07) is 15.2. The quantitative estimate of drug-likeness (QED) is 0.833. The molecule has 2 nitrogen and oxygen atoms in total. The van der Waals surface area contributed by atoms with Gasteiger partial charge in [0.25, 0.3) is 0 Å². The first-order valence-corrected chi connectivity index (χ1v) is 8.87. The largest absolute Gasteiger partial charge is 0.344 e. The van der Waals surface area contributed by atoms with Crippen LogP contribution in [0.15, 0.2) is 42.5 Å². The molecule has 1 N–H and O–H groups in total. The molecule has 2 aromatic carbocycles. The number of anilines is 1. The average molecular weight is 324 g/mol. The van der Waals surface area contributed by atoms with Crippen molar-refractivity contribution in [2.45, 2.75) is 39.7 Å². The second-order valence-corrected chi connectivity index (χ2v) is 6.42. The van der Waals surface area contributed by atoms with E-state index in [-0.39, 0.29) is 0 Å². The van der Waals surface area contributed by atoms with Crippen LogP contribution in [0.3, 0.4) is 0 Å². The number of aryl methyl sites for hydroxylation is 2. The smallest absolute Gasteiger partial charge is 0.173 e. The minimum atomic E-state index is 0.843. The first-order chi connectivity index (χ1) is 11.2. The average Bonchev–Trinajstić information content (AvgIpc) is 2.61. The number of para-hydroxylation sites is 1.